The molecule has 0 radical (unpaired) electrons. The SMILES string of the molecule is CC1(C)CCc2c(O)c(C(=O)/C=C/c3cccc(Oc4ccccc4)c3)c3c(c2O1)CCC(C)(C)O3. The van der Waals surface area contributed by atoms with Crippen molar-refractivity contribution in [3.63, 3.8) is 0 Å². The summed E-state index contributed by atoms with van der Waals surface area (Å²) in [7, 11) is 0. The Labute approximate surface area is 212 Å². The molecule has 2 heterocycles. The van der Waals surface area contributed by atoms with E-state index in [1.54, 1.807) is 6.08 Å². The van der Waals surface area contributed by atoms with Gasteiger partial charge in [0.05, 0.1) is 0 Å². The Balaban J connectivity index is 1.49. The number of fused-ring (bicyclic) bond motifs is 3. The number of hydrogen-bond acceptors (Lipinski definition) is 5. The molecule has 5 nitrogen and oxygen atoms in total. The monoisotopic (exact) mass is 484 g/mol. The van der Waals surface area contributed by atoms with Crippen LogP contribution in [0.4, 0.5) is 0 Å². The van der Waals surface area contributed by atoms with Gasteiger partial charge in [-0.15, -0.1) is 0 Å². The van der Waals surface area contributed by atoms with Gasteiger partial charge in [0.1, 0.15) is 45.5 Å². The van der Waals surface area contributed by atoms with Crippen LogP contribution >= 0.6 is 0 Å². The highest BCUT2D eigenvalue weighted by Gasteiger charge is 2.39. The molecule has 0 spiro atoms. The molecule has 5 rings (SSSR count). The minimum absolute atomic E-state index is 0.0345. The van der Waals surface area contributed by atoms with Crippen molar-refractivity contribution in [2.45, 2.75) is 64.6 Å². The maximum atomic E-state index is 13.5. The van der Waals surface area contributed by atoms with Crippen molar-refractivity contribution in [1.29, 1.82) is 0 Å². The van der Waals surface area contributed by atoms with Crippen LogP contribution in [0.15, 0.2) is 60.7 Å². The minimum atomic E-state index is -0.445. The summed E-state index contributed by atoms with van der Waals surface area (Å²) < 4.78 is 18.5. The number of phenols is 1. The fourth-order valence-electron chi connectivity index (χ4n) is 4.79. The summed E-state index contributed by atoms with van der Waals surface area (Å²) in [4.78, 5) is 13.5. The van der Waals surface area contributed by atoms with E-state index >= 15 is 0 Å². The first-order chi connectivity index (χ1) is 17.1. The molecular weight excluding hydrogens is 452 g/mol. The molecule has 2 aliphatic rings. The Hall–Kier alpha value is -3.73. The van der Waals surface area contributed by atoms with E-state index in [1.165, 1.54) is 6.08 Å². The second kappa shape index (κ2) is 9.05. The first-order valence-electron chi connectivity index (χ1n) is 12.5. The number of allylic oxidation sites excluding steroid dienone is 1. The summed E-state index contributed by atoms with van der Waals surface area (Å²) in [5.41, 5.74) is 1.83. The fourth-order valence-corrected chi connectivity index (χ4v) is 4.79. The van der Waals surface area contributed by atoms with Crippen molar-refractivity contribution in [2.24, 2.45) is 0 Å². The van der Waals surface area contributed by atoms with Crippen LogP contribution in [-0.4, -0.2) is 22.1 Å². The molecule has 0 unspecified atom stereocenters. The Morgan fingerprint density at radius 2 is 1.50 bits per heavy atom. The molecule has 36 heavy (non-hydrogen) atoms. The van der Waals surface area contributed by atoms with Gasteiger partial charge in [0.2, 0.25) is 0 Å². The number of rotatable bonds is 5. The summed E-state index contributed by atoms with van der Waals surface area (Å²) in [6, 6.07) is 17.1. The molecule has 0 saturated carbocycles. The lowest BCUT2D eigenvalue weighted by Crippen LogP contribution is -2.37. The number of carbonyl (C=O) groups is 1. The number of carbonyl (C=O) groups excluding carboxylic acids is 1. The van der Waals surface area contributed by atoms with Crippen LogP contribution in [0, 0.1) is 0 Å². The molecule has 1 N–H and O–H groups in total. The van der Waals surface area contributed by atoms with Crippen LogP contribution < -0.4 is 14.2 Å². The Morgan fingerprint density at radius 3 is 2.22 bits per heavy atom. The fraction of sp³-hybridized carbons (Fsp3) is 0.323. The molecule has 0 bridgehead atoms. The maximum Gasteiger partial charge on any atom is 0.193 e. The molecule has 3 aromatic rings. The molecule has 3 aromatic carbocycles. The molecule has 2 aliphatic heterocycles. The molecule has 0 fully saturated rings. The lowest BCUT2D eigenvalue weighted by molar-refractivity contribution is 0.0643. The van der Waals surface area contributed by atoms with Gasteiger partial charge in [-0.2, -0.15) is 0 Å². The van der Waals surface area contributed by atoms with Gasteiger partial charge in [0.25, 0.3) is 0 Å². The zero-order chi connectivity index (χ0) is 25.5. The average Bonchev–Trinajstić information content (AvgIpc) is 2.82. The third-order valence-corrected chi connectivity index (χ3v) is 6.79. The third-order valence-electron chi connectivity index (χ3n) is 6.79. The van der Waals surface area contributed by atoms with Crippen molar-refractivity contribution in [3.05, 3.63) is 82.9 Å². The van der Waals surface area contributed by atoms with Gasteiger partial charge >= 0.3 is 0 Å². The summed E-state index contributed by atoms with van der Waals surface area (Å²) in [5.74, 6) is 2.20. The van der Waals surface area contributed by atoms with Gasteiger partial charge in [0.15, 0.2) is 5.78 Å². The van der Waals surface area contributed by atoms with E-state index in [0.717, 1.165) is 36.1 Å². The van der Waals surface area contributed by atoms with Crippen LogP contribution in [0.2, 0.25) is 0 Å². The molecule has 0 amide bonds. The average molecular weight is 485 g/mol. The van der Waals surface area contributed by atoms with Crippen molar-refractivity contribution in [3.8, 4) is 28.7 Å². The van der Waals surface area contributed by atoms with E-state index in [4.69, 9.17) is 14.2 Å². The highest BCUT2D eigenvalue weighted by Crippen LogP contribution is 2.51. The summed E-state index contributed by atoms with van der Waals surface area (Å²) in [5, 5.41) is 11.3. The van der Waals surface area contributed by atoms with Crippen LogP contribution in [0.3, 0.4) is 0 Å². The summed E-state index contributed by atoms with van der Waals surface area (Å²) in [6.07, 6.45) is 6.16. The Bertz CT molecular complexity index is 1330. The smallest absolute Gasteiger partial charge is 0.193 e. The number of para-hydroxylation sites is 1. The lowest BCUT2D eigenvalue weighted by atomic mass is 9.84. The van der Waals surface area contributed by atoms with E-state index in [1.807, 2.05) is 82.3 Å². The first kappa shape index (κ1) is 24.0. The zero-order valence-electron chi connectivity index (χ0n) is 21.3. The van der Waals surface area contributed by atoms with Gasteiger partial charge in [-0.05, 0) is 89.3 Å². The van der Waals surface area contributed by atoms with E-state index in [0.29, 0.717) is 29.2 Å². The number of hydrogen-bond donors (Lipinski definition) is 1. The van der Waals surface area contributed by atoms with Crippen LogP contribution in [0.5, 0.6) is 28.7 Å². The van der Waals surface area contributed by atoms with Gasteiger partial charge in [-0.3, -0.25) is 4.79 Å². The van der Waals surface area contributed by atoms with Crippen LogP contribution in [-0.2, 0) is 12.8 Å². The van der Waals surface area contributed by atoms with Gasteiger partial charge < -0.3 is 19.3 Å². The molecule has 0 saturated heterocycles. The first-order valence-corrected chi connectivity index (χ1v) is 12.5. The lowest BCUT2D eigenvalue weighted by Gasteiger charge is -2.39. The Kier molecular flexibility index (Phi) is 6.03. The third kappa shape index (κ3) is 4.83. The van der Waals surface area contributed by atoms with Crippen molar-refractivity contribution in [1.82, 2.24) is 0 Å². The van der Waals surface area contributed by atoms with Crippen LogP contribution in [0.1, 0.15) is 67.6 Å². The van der Waals surface area contributed by atoms with E-state index < -0.39 is 5.60 Å². The molecule has 186 valence electrons. The largest absolute Gasteiger partial charge is 0.507 e. The minimum Gasteiger partial charge on any atom is -0.507 e. The number of ketones is 1. The normalized spacial score (nSPS) is 17.4. The maximum absolute atomic E-state index is 13.5. The topological polar surface area (TPSA) is 65.0 Å². The standard InChI is InChI=1S/C31H32O5/c1-30(2)17-15-23-27(33)26(29-24(28(23)35-30)16-18-31(3,4)36-29)25(32)14-13-20-9-8-12-22(19-20)34-21-10-6-5-7-11-21/h5-14,19,33H,15-18H2,1-4H3/b14-13+. The molecule has 5 heteroatoms. The molecule has 0 aromatic heterocycles. The Morgan fingerprint density at radius 1 is 0.861 bits per heavy atom. The van der Waals surface area contributed by atoms with Crippen LogP contribution in [0.25, 0.3) is 6.08 Å². The second-order valence-electron chi connectivity index (χ2n) is 10.7. The molecular formula is C31H32O5. The highest BCUT2D eigenvalue weighted by molar-refractivity contribution is 6.11. The molecule has 0 aliphatic carbocycles. The predicted molar refractivity (Wildman–Crippen MR) is 140 cm³/mol. The van der Waals surface area contributed by atoms with Crippen molar-refractivity contribution in [2.75, 3.05) is 0 Å². The zero-order valence-corrected chi connectivity index (χ0v) is 21.3. The second-order valence-corrected chi connectivity index (χ2v) is 10.7. The van der Waals surface area contributed by atoms with Crippen molar-refractivity contribution >= 4 is 11.9 Å². The number of aromatic hydroxyl groups is 1. The van der Waals surface area contributed by atoms with E-state index in [9.17, 15) is 9.90 Å². The quantitative estimate of drug-likeness (QED) is 0.304. The van der Waals surface area contributed by atoms with E-state index in [2.05, 4.69) is 0 Å². The summed E-state index contributed by atoms with van der Waals surface area (Å²) in [6.45, 7) is 8.09. The summed E-state index contributed by atoms with van der Waals surface area (Å²) >= 11 is 0. The number of benzene rings is 3. The molecule has 0 atom stereocenters. The van der Waals surface area contributed by atoms with Crippen molar-refractivity contribution < 1.29 is 24.1 Å². The van der Waals surface area contributed by atoms with Gasteiger partial charge in [-0.1, -0.05) is 36.4 Å². The number of phenolic OH excluding ortho intramolecular Hbond substituents is 1. The highest BCUT2D eigenvalue weighted by atomic mass is 16.5. The predicted octanol–water partition coefficient (Wildman–Crippen LogP) is 7.29. The van der Waals surface area contributed by atoms with Gasteiger partial charge in [0, 0.05) is 11.1 Å². The number of ether oxygens (including phenoxy) is 3. The van der Waals surface area contributed by atoms with Gasteiger partial charge in [-0.25, -0.2) is 0 Å². The van der Waals surface area contributed by atoms with E-state index in [-0.39, 0.29) is 22.7 Å².